The van der Waals surface area contributed by atoms with Crippen LogP contribution in [0.25, 0.3) is 0 Å². The van der Waals surface area contributed by atoms with E-state index in [-0.39, 0.29) is 17.9 Å². The number of rotatable bonds is 16. The summed E-state index contributed by atoms with van der Waals surface area (Å²) in [5.41, 5.74) is 3.42. The Labute approximate surface area is 220 Å². The minimum atomic E-state index is -0.901. The molecule has 3 N–H and O–H groups in total. The van der Waals surface area contributed by atoms with Crippen molar-refractivity contribution in [2.24, 2.45) is 17.8 Å². The number of carboxylic acids is 1. The summed E-state index contributed by atoms with van der Waals surface area (Å²) in [7, 11) is 0. The van der Waals surface area contributed by atoms with E-state index >= 15 is 0 Å². The lowest BCUT2D eigenvalue weighted by Crippen LogP contribution is -2.37. The van der Waals surface area contributed by atoms with Crippen LogP contribution < -0.4 is 10.1 Å². The Morgan fingerprint density at radius 3 is 2.14 bits per heavy atom. The maximum Gasteiger partial charge on any atom is 0.317 e. The predicted molar refractivity (Wildman–Crippen MR) is 149 cm³/mol. The highest BCUT2D eigenvalue weighted by atomic mass is 16.5. The van der Waals surface area contributed by atoms with Gasteiger partial charge in [0, 0.05) is 17.7 Å². The zero-order valence-electron chi connectivity index (χ0n) is 24.1. The van der Waals surface area contributed by atoms with Gasteiger partial charge in [-0.05, 0) is 75.3 Å². The zero-order chi connectivity index (χ0) is 26.9. The van der Waals surface area contributed by atoms with E-state index in [4.69, 9.17) is 9.84 Å². The van der Waals surface area contributed by atoms with Crippen molar-refractivity contribution in [2.75, 3.05) is 6.54 Å². The molecule has 0 saturated heterocycles. The highest BCUT2D eigenvalue weighted by Crippen LogP contribution is 2.45. The van der Waals surface area contributed by atoms with Crippen LogP contribution in [0.15, 0.2) is 0 Å². The SMILES string of the molecule is Cc1c(C)c2c(c(CNCC(=O)O)c1O)CCC(C)(CCCC(C)CCCC(C)CCCC(C)C)O2. The van der Waals surface area contributed by atoms with E-state index in [0.29, 0.717) is 6.54 Å². The standard InChI is InChI=1S/C31H53NO4/c1-21(2)11-8-12-22(3)13-9-14-23(4)15-10-17-31(7)18-16-26-27(19-32-20-28(33)34)29(35)24(5)25(6)30(26)36-31/h21-23,32,35H,8-20H2,1-7H3,(H,33,34). The molecule has 3 unspecified atom stereocenters. The van der Waals surface area contributed by atoms with Gasteiger partial charge in [-0.15, -0.1) is 0 Å². The first-order chi connectivity index (χ1) is 16.9. The van der Waals surface area contributed by atoms with Crippen LogP contribution >= 0.6 is 0 Å². The molecule has 0 fully saturated rings. The van der Waals surface area contributed by atoms with Gasteiger partial charge in [-0.25, -0.2) is 0 Å². The lowest BCUT2D eigenvalue weighted by molar-refractivity contribution is -0.136. The Balaban J connectivity index is 1.85. The van der Waals surface area contributed by atoms with Gasteiger partial charge in [0.2, 0.25) is 0 Å². The number of phenols is 1. The third-order valence-corrected chi connectivity index (χ3v) is 8.29. The molecule has 2 rings (SSSR count). The maximum absolute atomic E-state index is 10.9. The molecule has 0 radical (unpaired) electrons. The fraction of sp³-hybridized carbons (Fsp3) is 0.774. The number of hydrogen-bond donors (Lipinski definition) is 3. The van der Waals surface area contributed by atoms with Gasteiger partial charge < -0.3 is 20.3 Å². The van der Waals surface area contributed by atoms with Gasteiger partial charge in [0.15, 0.2) is 0 Å². The van der Waals surface area contributed by atoms with E-state index in [1.807, 2.05) is 13.8 Å². The van der Waals surface area contributed by atoms with Crippen LogP contribution in [0, 0.1) is 31.6 Å². The van der Waals surface area contributed by atoms with Crippen LogP contribution in [0.4, 0.5) is 0 Å². The molecule has 36 heavy (non-hydrogen) atoms. The van der Waals surface area contributed by atoms with E-state index in [9.17, 15) is 9.90 Å². The van der Waals surface area contributed by atoms with Crippen molar-refractivity contribution in [3.05, 3.63) is 22.3 Å². The van der Waals surface area contributed by atoms with Crippen molar-refractivity contribution in [1.29, 1.82) is 0 Å². The van der Waals surface area contributed by atoms with Crippen molar-refractivity contribution >= 4 is 5.97 Å². The summed E-state index contributed by atoms with van der Waals surface area (Å²) in [6, 6.07) is 0. The molecule has 206 valence electrons. The number of hydrogen-bond acceptors (Lipinski definition) is 4. The molecule has 1 aromatic carbocycles. The van der Waals surface area contributed by atoms with Crippen molar-refractivity contribution in [1.82, 2.24) is 5.32 Å². The number of fused-ring (bicyclic) bond motifs is 1. The third-order valence-electron chi connectivity index (χ3n) is 8.29. The number of benzene rings is 1. The van der Waals surface area contributed by atoms with E-state index < -0.39 is 5.97 Å². The molecular formula is C31H53NO4. The van der Waals surface area contributed by atoms with Crippen LogP contribution in [0.2, 0.25) is 0 Å². The van der Waals surface area contributed by atoms with Gasteiger partial charge in [-0.1, -0.05) is 72.6 Å². The van der Waals surface area contributed by atoms with E-state index in [1.165, 1.54) is 51.4 Å². The first kappa shape index (κ1) is 30.5. The Hall–Kier alpha value is -1.75. The highest BCUT2D eigenvalue weighted by molar-refractivity contribution is 5.69. The van der Waals surface area contributed by atoms with Gasteiger partial charge in [-0.3, -0.25) is 4.79 Å². The monoisotopic (exact) mass is 503 g/mol. The summed E-state index contributed by atoms with van der Waals surface area (Å²) in [5.74, 6) is 2.68. The normalized spacial score (nSPS) is 19.1. The molecule has 0 saturated carbocycles. The largest absolute Gasteiger partial charge is 0.507 e. The van der Waals surface area contributed by atoms with Crippen molar-refractivity contribution in [3.63, 3.8) is 0 Å². The maximum atomic E-state index is 10.9. The van der Waals surface area contributed by atoms with Crippen LogP contribution in [0.1, 0.15) is 121 Å². The zero-order valence-corrected chi connectivity index (χ0v) is 24.1. The molecule has 0 aliphatic carbocycles. The second-order valence-corrected chi connectivity index (χ2v) is 12.3. The second-order valence-electron chi connectivity index (χ2n) is 12.3. The van der Waals surface area contributed by atoms with Crippen LogP contribution in [-0.4, -0.2) is 28.3 Å². The number of nitrogens with one attached hydrogen (secondary N) is 1. The summed E-state index contributed by atoms with van der Waals surface area (Å²) in [6.07, 6.45) is 13.3. The molecule has 5 heteroatoms. The molecule has 1 aliphatic heterocycles. The number of phenolic OH excluding ortho intramolecular Hbond substituents is 1. The smallest absolute Gasteiger partial charge is 0.317 e. The van der Waals surface area contributed by atoms with Crippen molar-refractivity contribution in [2.45, 2.75) is 131 Å². The van der Waals surface area contributed by atoms with E-state index in [0.717, 1.165) is 65.0 Å². The summed E-state index contributed by atoms with van der Waals surface area (Å²) >= 11 is 0. The first-order valence-electron chi connectivity index (χ1n) is 14.4. The molecule has 1 aromatic rings. The molecule has 3 atom stereocenters. The second kappa shape index (κ2) is 14.3. The molecule has 1 heterocycles. The summed E-state index contributed by atoms with van der Waals surface area (Å²) < 4.78 is 6.65. The Morgan fingerprint density at radius 2 is 1.56 bits per heavy atom. The number of carboxylic acid groups (broad SMARTS) is 1. The minimum absolute atomic E-state index is 0.130. The van der Waals surface area contributed by atoms with Gasteiger partial charge in [-0.2, -0.15) is 0 Å². The molecule has 0 amide bonds. The van der Waals surface area contributed by atoms with Gasteiger partial charge >= 0.3 is 5.97 Å². The predicted octanol–water partition coefficient (Wildman–Crippen LogP) is 7.71. The summed E-state index contributed by atoms with van der Waals surface area (Å²) in [6.45, 7) is 15.8. The number of carbonyl (C=O) groups is 1. The summed E-state index contributed by atoms with van der Waals surface area (Å²) in [4.78, 5) is 10.9. The number of aromatic hydroxyl groups is 1. The lowest BCUT2D eigenvalue weighted by atomic mass is 9.83. The quantitative estimate of drug-likeness (QED) is 0.215. The van der Waals surface area contributed by atoms with Crippen LogP contribution in [-0.2, 0) is 17.8 Å². The number of ether oxygens (including phenoxy) is 1. The highest BCUT2D eigenvalue weighted by Gasteiger charge is 2.35. The van der Waals surface area contributed by atoms with Crippen LogP contribution in [0.5, 0.6) is 11.5 Å². The lowest BCUT2D eigenvalue weighted by Gasteiger charge is -2.38. The average molecular weight is 504 g/mol. The summed E-state index contributed by atoms with van der Waals surface area (Å²) in [5, 5.41) is 22.6. The average Bonchev–Trinajstić information content (AvgIpc) is 2.79. The topological polar surface area (TPSA) is 78.8 Å². The molecule has 0 aromatic heterocycles. The van der Waals surface area contributed by atoms with Crippen molar-refractivity contribution in [3.8, 4) is 11.5 Å². The first-order valence-corrected chi connectivity index (χ1v) is 14.4. The van der Waals surface area contributed by atoms with Gasteiger partial charge in [0.25, 0.3) is 0 Å². The molecule has 0 spiro atoms. The molecule has 0 bridgehead atoms. The Bertz CT molecular complexity index is 850. The van der Waals surface area contributed by atoms with Gasteiger partial charge in [0.05, 0.1) is 6.54 Å². The third kappa shape index (κ3) is 9.28. The molecule has 5 nitrogen and oxygen atoms in total. The molecular weight excluding hydrogens is 450 g/mol. The van der Waals surface area contributed by atoms with E-state index in [1.54, 1.807) is 0 Å². The Kier molecular flexibility index (Phi) is 12.1. The fourth-order valence-corrected chi connectivity index (χ4v) is 5.63. The number of aliphatic carboxylic acids is 1. The van der Waals surface area contributed by atoms with Crippen molar-refractivity contribution < 1.29 is 19.7 Å². The van der Waals surface area contributed by atoms with Crippen LogP contribution in [0.3, 0.4) is 0 Å². The van der Waals surface area contributed by atoms with E-state index in [2.05, 4.69) is 39.9 Å². The minimum Gasteiger partial charge on any atom is -0.507 e. The Morgan fingerprint density at radius 1 is 0.972 bits per heavy atom. The van der Waals surface area contributed by atoms with Gasteiger partial charge in [0.1, 0.15) is 17.1 Å². The molecule has 1 aliphatic rings. The fourth-order valence-electron chi connectivity index (χ4n) is 5.63.